The Labute approximate surface area is 113 Å². The summed E-state index contributed by atoms with van der Waals surface area (Å²) in [4.78, 5) is 15.6. The molecule has 0 aliphatic rings. The van der Waals surface area contributed by atoms with E-state index in [-0.39, 0.29) is 5.56 Å². The van der Waals surface area contributed by atoms with Crippen molar-refractivity contribution in [3.8, 4) is 16.3 Å². The summed E-state index contributed by atoms with van der Waals surface area (Å²) in [5.41, 5.74) is 1.73. The summed E-state index contributed by atoms with van der Waals surface area (Å²) >= 11 is 1.51. The van der Waals surface area contributed by atoms with Crippen molar-refractivity contribution < 1.29 is 14.6 Å². The van der Waals surface area contributed by atoms with E-state index in [0.717, 1.165) is 10.4 Å². The van der Waals surface area contributed by atoms with Gasteiger partial charge in [-0.3, -0.25) is 0 Å². The third-order valence-electron chi connectivity index (χ3n) is 2.99. The molecule has 19 heavy (non-hydrogen) atoms. The number of aromatic carboxylic acids is 1. The van der Waals surface area contributed by atoms with Crippen molar-refractivity contribution in [2.45, 2.75) is 0 Å². The lowest BCUT2D eigenvalue weighted by atomic mass is 10.1. The fourth-order valence-corrected chi connectivity index (χ4v) is 2.86. The monoisotopic (exact) mass is 273 g/mol. The molecule has 0 saturated carbocycles. The molecule has 0 aliphatic heterocycles. The van der Waals surface area contributed by atoms with Gasteiger partial charge in [-0.05, 0) is 29.6 Å². The van der Waals surface area contributed by atoms with Gasteiger partial charge in [-0.1, -0.05) is 6.07 Å². The van der Waals surface area contributed by atoms with Crippen LogP contribution in [0.25, 0.3) is 21.5 Å². The van der Waals surface area contributed by atoms with E-state index >= 15 is 0 Å². The number of H-pyrrole nitrogens is 1. The van der Waals surface area contributed by atoms with Crippen molar-refractivity contribution in [3.05, 3.63) is 41.3 Å². The molecule has 0 unspecified atom stereocenters. The lowest BCUT2D eigenvalue weighted by molar-refractivity contribution is 0.0700. The normalized spacial score (nSPS) is 10.8. The first-order chi connectivity index (χ1) is 9.20. The van der Waals surface area contributed by atoms with E-state index in [4.69, 9.17) is 4.74 Å². The van der Waals surface area contributed by atoms with Gasteiger partial charge >= 0.3 is 5.97 Å². The third kappa shape index (κ3) is 1.88. The standard InChI is InChI=1S/C14H11NO3S/c1-18-8-4-5-10-9(7-8)12(14(16)17)13(15-10)11-3-2-6-19-11/h2-7,15H,1H3,(H,16,17). The molecule has 96 valence electrons. The van der Waals surface area contributed by atoms with Crippen molar-refractivity contribution in [2.24, 2.45) is 0 Å². The van der Waals surface area contributed by atoms with Gasteiger partial charge in [0, 0.05) is 10.9 Å². The number of rotatable bonds is 3. The van der Waals surface area contributed by atoms with E-state index in [1.54, 1.807) is 13.2 Å². The number of nitrogens with one attached hydrogen (secondary N) is 1. The van der Waals surface area contributed by atoms with Crippen LogP contribution in [-0.2, 0) is 0 Å². The Balaban J connectivity index is 2.34. The zero-order valence-electron chi connectivity index (χ0n) is 10.1. The largest absolute Gasteiger partial charge is 0.497 e. The Morgan fingerprint density at radius 1 is 1.37 bits per heavy atom. The Morgan fingerprint density at radius 2 is 2.21 bits per heavy atom. The molecule has 3 rings (SSSR count). The van der Waals surface area contributed by atoms with Gasteiger partial charge in [0.1, 0.15) is 5.75 Å². The molecule has 0 aliphatic carbocycles. The summed E-state index contributed by atoms with van der Waals surface area (Å²) in [6.07, 6.45) is 0. The summed E-state index contributed by atoms with van der Waals surface area (Å²) in [7, 11) is 1.56. The van der Waals surface area contributed by atoms with Gasteiger partial charge in [-0.15, -0.1) is 11.3 Å². The van der Waals surface area contributed by atoms with Crippen LogP contribution in [0.2, 0.25) is 0 Å². The summed E-state index contributed by atoms with van der Waals surface area (Å²) in [5, 5.41) is 12.0. The molecule has 0 saturated heterocycles. The van der Waals surface area contributed by atoms with Crippen LogP contribution in [0.4, 0.5) is 0 Å². The van der Waals surface area contributed by atoms with E-state index in [9.17, 15) is 9.90 Å². The summed E-state index contributed by atoms with van der Waals surface area (Å²) in [6.45, 7) is 0. The molecule has 0 spiro atoms. The van der Waals surface area contributed by atoms with Crippen LogP contribution in [0.15, 0.2) is 35.7 Å². The average Bonchev–Trinajstić information content (AvgIpc) is 3.04. The summed E-state index contributed by atoms with van der Waals surface area (Å²) in [5.74, 6) is -0.297. The van der Waals surface area contributed by atoms with Gasteiger partial charge in [-0.2, -0.15) is 0 Å². The number of carboxylic acid groups (broad SMARTS) is 1. The predicted molar refractivity (Wildman–Crippen MR) is 75.1 cm³/mol. The quantitative estimate of drug-likeness (QED) is 0.766. The molecule has 0 amide bonds. The number of thiophene rings is 1. The van der Waals surface area contributed by atoms with E-state index in [1.165, 1.54) is 11.3 Å². The van der Waals surface area contributed by atoms with Gasteiger partial charge in [-0.25, -0.2) is 4.79 Å². The van der Waals surface area contributed by atoms with E-state index < -0.39 is 5.97 Å². The average molecular weight is 273 g/mol. The summed E-state index contributed by atoms with van der Waals surface area (Å²) < 4.78 is 5.15. The first-order valence-corrected chi connectivity index (χ1v) is 6.55. The smallest absolute Gasteiger partial charge is 0.338 e. The highest BCUT2D eigenvalue weighted by molar-refractivity contribution is 7.13. The number of aromatic amines is 1. The highest BCUT2D eigenvalue weighted by Crippen LogP contribution is 2.34. The minimum absolute atomic E-state index is 0.288. The fourth-order valence-electron chi connectivity index (χ4n) is 2.13. The number of benzene rings is 1. The number of fused-ring (bicyclic) bond motifs is 1. The van der Waals surface area contributed by atoms with Crippen LogP contribution in [0, 0.1) is 0 Å². The molecule has 0 fully saturated rings. The maximum Gasteiger partial charge on any atom is 0.338 e. The second-order valence-electron chi connectivity index (χ2n) is 4.07. The zero-order valence-corrected chi connectivity index (χ0v) is 11.0. The molecule has 2 aromatic heterocycles. The molecule has 2 N–H and O–H groups in total. The number of carbonyl (C=O) groups is 1. The Morgan fingerprint density at radius 3 is 2.84 bits per heavy atom. The maximum atomic E-state index is 11.5. The number of carboxylic acids is 1. The lowest BCUT2D eigenvalue weighted by Crippen LogP contribution is -1.97. The molecule has 0 radical (unpaired) electrons. The van der Waals surface area contributed by atoms with Gasteiger partial charge in [0.15, 0.2) is 0 Å². The second-order valence-corrected chi connectivity index (χ2v) is 5.02. The second kappa shape index (κ2) is 4.44. The van der Waals surface area contributed by atoms with Crippen LogP contribution in [0.3, 0.4) is 0 Å². The number of methoxy groups -OCH3 is 1. The van der Waals surface area contributed by atoms with Crippen molar-refractivity contribution in [3.63, 3.8) is 0 Å². The van der Waals surface area contributed by atoms with Crippen molar-refractivity contribution in [2.75, 3.05) is 7.11 Å². The van der Waals surface area contributed by atoms with Crippen LogP contribution >= 0.6 is 11.3 Å². The molecule has 2 heterocycles. The van der Waals surface area contributed by atoms with Crippen molar-refractivity contribution in [1.82, 2.24) is 4.98 Å². The van der Waals surface area contributed by atoms with Gasteiger partial charge in [0.2, 0.25) is 0 Å². The lowest BCUT2D eigenvalue weighted by Gasteiger charge is -1.99. The van der Waals surface area contributed by atoms with Gasteiger partial charge < -0.3 is 14.8 Å². The summed E-state index contributed by atoms with van der Waals surface area (Å²) in [6, 6.07) is 9.18. The predicted octanol–water partition coefficient (Wildman–Crippen LogP) is 3.60. The van der Waals surface area contributed by atoms with Crippen LogP contribution in [-0.4, -0.2) is 23.2 Å². The van der Waals surface area contributed by atoms with E-state index in [1.807, 2.05) is 29.6 Å². The molecular weight excluding hydrogens is 262 g/mol. The molecule has 0 atom stereocenters. The highest BCUT2D eigenvalue weighted by atomic mass is 32.1. The zero-order chi connectivity index (χ0) is 13.4. The van der Waals surface area contributed by atoms with Crippen LogP contribution in [0.1, 0.15) is 10.4 Å². The Hall–Kier alpha value is -2.27. The third-order valence-corrected chi connectivity index (χ3v) is 3.87. The number of aromatic nitrogens is 1. The molecule has 4 nitrogen and oxygen atoms in total. The first-order valence-electron chi connectivity index (χ1n) is 5.67. The van der Waals surface area contributed by atoms with Gasteiger partial charge in [0.05, 0.1) is 23.2 Å². The number of hydrogen-bond donors (Lipinski definition) is 2. The van der Waals surface area contributed by atoms with Crippen molar-refractivity contribution in [1.29, 1.82) is 0 Å². The first kappa shape index (κ1) is 11.8. The highest BCUT2D eigenvalue weighted by Gasteiger charge is 2.19. The van der Waals surface area contributed by atoms with Gasteiger partial charge in [0.25, 0.3) is 0 Å². The SMILES string of the molecule is COc1ccc2[nH]c(-c3cccs3)c(C(=O)O)c2c1. The minimum atomic E-state index is -0.942. The van der Waals surface area contributed by atoms with Crippen molar-refractivity contribution >= 4 is 28.2 Å². The number of hydrogen-bond acceptors (Lipinski definition) is 3. The fraction of sp³-hybridized carbons (Fsp3) is 0.0714. The molecular formula is C14H11NO3S. The molecule has 1 aromatic carbocycles. The molecule has 3 aromatic rings. The number of ether oxygens (including phenoxy) is 1. The van der Waals surface area contributed by atoms with E-state index in [2.05, 4.69) is 4.98 Å². The topological polar surface area (TPSA) is 62.3 Å². The molecule has 5 heteroatoms. The Kier molecular flexibility index (Phi) is 2.76. The van der Waals surface area contributed by atoms with Crippen LogP contribution < -0.4 is 4.74 Å². The Bertz CT molecular complexity index is 743. The molecule has 0 bridgehead atoms. The minimum Gasteiger partial charge on any atom is -0.497 e. The van der Waals surface area contributed by atoms with Crippen LogP contribution in [0.5, 0.6) is 5.75 Å². The maximum absolute atomic E-state index is 11.5. The van der Waals surface area contributed by atoms with E-state index in [0.29, 0.717) is 16.8 Å².